The normalized spacial score (nSPS) is 31.9. The zero-order chi connectivity index (χ0) is 20.4. The SMILES string of the molecule is NC1CCN(C(=O)C2(F)CCC2)CC1COC1CCC(c2cccc(F)c2)CC1. The average molecular weight is 407 g/mol. The van der Waals surface area contributed by atoms with Crippen LogP contribution in [0.2, 0.25) is 0 Å². The van der Waals surface area contributed by atoms with Crippen LogP contribution in [0.5, 0.6) is 0 Å². The van der Waals surface area contributed by atoms with E-state index in [-0.39, 0.29) is 29.8 Å². The molecule has 4 nitrogen and oxygen atoms in total. The highest BCUT2D eigenvalue weighted by atomic mass is 19.1. The molecular weight excluding hydrogens is 374 g/mol. The van der Waals surface area contributed by atoms with Crippen LogP contribution in [0.3, 0.4) is 0 Å². The van der Waals surface area contributed by atoms with Gasteiger partial charge in [0.2, 0.25) is 0 Å². The maximum atomic E-state index is 14.5. The summed E-state index contributed by atoms with van der Waals surface area (Å²) in [6, 6.07) is 6.88. The van der Waals surface area contributed by atoms with Crippen LogP contribution in [-0.2, 0) is 9.53 Å². The van der Waals surface area contributed by atoms with E-state index in [0.717, 1.165) is 37.7 Å². The number of benzene rings is 1. The molecule has 2 unspecified atom stereocenters. The summed E-state index contributed by atoms with van der Waals surface area (Å²) in [5, 5.41) is 0. The van der Waals surface area contributed by atoms with Gasteiger partial charge in [0.25, 0.3) is 5.91 Å². The van der Waals surface area contributed by atoms with Gasteiger partial charge in [-0.25, -0.2) is 8.78 Å². The third-order valence-electron chi connectivity index (χ3n) is 7.15. The van der Waals surface area contributed by atoms with Gasteiger partial charge in [-0.1, -0.05) is 12.1 Å². The Morgan fingerprint density at radius 2 is 1.97 bits per heavy atom. The molecule has 160 valence electrons. The van der Waals surface area contributed by atoms with Crippen molar-refractivity contribution in [2.75, 3.05) is 19.7 Å². The minimum Gasteiger partial charge on any atom is -0.378 e. The predicted octanol–water partition coefficient (Wildman–Crippen LogP) is 3.94. The number of ether oxygens (including phenoxy) is 1. The van der Waals surface area contributed by atoms with Gasteiger partial charge >= 0.3 is 0 Å². The van der Waals surface area contributed by atoms with Crippen molar-refractivity contribution in [2.45, 2.75) is 75.1 Å². The zero-order valence-electron chi connectivity index (χ0n) is 17.0. The molecule has 1 aliphatic heterocycles. The summed E-state index contributed by atoms with van der Waals surface area (Å²) in [6.07, 6.45) is 6.23. The largest absolute Gasteiger partial charge is 0.378 e. The molecule has 2 atom stereocenters. The van der Waals surface area contributed by atoms with Crippen molar-refractivity contribution < 1.29 is 18.3 Å². The van der Waals surface area contributed by atoms with Crippen molar-refractivity contribution in [1.29, 1.82) is 0 Å². The van der Waals surface area contributed by atoms with Gasteiger partial charge in [-0.2, -0.15) is 0 Å². The second-order valence-corrected chi connectivity index (χ2v) is 9.14. The Hall–Kier alpha value is -1.53. The standard InChI is InChI=1S/C23H32F2N2O2/c24-19-4-1-3-17(13-19)16-5-7-20(8-6-16)29-15-18-14-27(12-9-21(18)26)22(28)23(25)10-2-11-23/h1,3-4,13,16,18,20-21H,2,5-12,14-15,26H2. The van der Waals surface area contributed by atoms with Gasteiger partial charge in [0, 0.05) is 25.0 Å². The lowest BCUT2D eigenvalue weighted by molar-refractivity contribution is -0.152. The first-order valence-corrected chi connectivity index (χ1v) is 11.1. The van der Waals surface area contributed by atoms with Gasteiger partial charge in [0.15, 0.2) is 5.67 Å². The smallest absolute Gasteiger partial charge is 0.260 e. The zero-order valence-corrected chi connectivity index (χ0v) is 17.0. The van der Waals surface area contributed by atoms with Gasteiger partial charge < -0.3 is 15.4 Å². The average Bonchev–Trinajstić information content (AvgIpc) is 2.71. The minimum atomic E-state index is -1.64. The molecular formula is C23H32F2N2O2. The first kappa shape index (κ1) is 20.7. The summed E-state index contributed by atoms with van der Waals surface area (Å²) in [6.45, 7) is 1.55. The number of rotatable bonds is 5. The van der Waals surface area contributed by atoms with Crippen molar-refractivity contribution in [3.05, 3.63) is 35.6 Å². The lowest BCUT2D eigenvalue weighted by Gasteiger charge is -2.42. The van der Waals surface area contributed by atoms with Crippen LogP contribution in [0.4, 0.5) is 8.78 Å². The Bertz CT molecular complexity index is 717. The number of halogens is 2. The van der Waals surface area contributed by atoms with E-state index >= 15 is 0 Å². The fraction of sp³-hybridized carbons (Fsp3) is 0.696. The summed E-state index contributed by atoms with van der Waals surface area (Å²) >= 11 is 0. The third kappa shape index (κ3) is 4.64. The number of piperidine rings is 1. The Morgan fingerprint density at radius 1 is 1.21 bits per heavy atom. The molecule has 3 fully saturated rings. The van der Waals surface area contributed by atoms with E-state index in [9.17, 15) is 13.6 Å². The van der Waals surface area contributed by atoms with E-state index in [1.54, 1.807) is 17.0 Å². The molecule has 1 amide bonds. The highest BCUT2D eigenvalue weighted by Gasteiger charge is 2.48. The van der Waals surface area contributed by atoms with E-state index in [4.69, 9.17) is 10.5 Å². The van der Waals surface area contributed by atoms with E-state index in [0.29, 0.717) is 44.9 Å². The molecule has 1 saturated heterocycles. The quantitative estimate of drug-likeness (QED) is 0.806. The van der Waals surface area contributed by atoms with Crippen molar-refractivity contribution in [2.24, 2.45) is 11.7 Å². The topological polar surface area (TPSA) is 55.6 Å². The van der Waals surface area contributed by atoms with E-state index < -0.39 is 5.67 Å². The van der Waals surface area contributed by atoms with Gasteiger partial charge in [0.1, 0.15) is 5.82 Å². The maximum Gasteiger partial charge on any atom is 0.260 e. The fourth-order valence-electron chi connectivity index (χ4n) is 4.98. The Balaban J connectivity index is 1.25. The molecule has 1 aromatic carbocycles. The second-order valence-electron chi connectivity index (χ2n) is 9.14. The highest BCUT2D eigenvalue weighted by molar-refractivity contribution is 5.86. The monoisotopic (exact) mass is 406 g/mol. The number of alkyl halides is 1. The molecule has 0 radical (unpaired) electrons. The highest BCUT2D eigenvalue weighted by Crippen LogP contribution is 2.38. The van der Waals surface area contributed by atoms with Crippen molar-refractivity contribution in [1.82, 2.24) is 4.90 Å². The molecule has 0 bridgehead atoms. The summed E-state index contributed by atoms with van der Waals surface area (Å²) in [4.78, 5) is 14.2. The number of nitrogens with zero attached hydrogens (tertiary/aromatic N) is 1. The third-order valence-corrected chi connectivity index (χ3v) is 7.15. The Labute approximate surface area is 171 Å². The number of carbonyl (C=O) groups excluding carboxylic acids is 1. The number of amides is 1. The molecule has 6 heteroatoms. The first-order valence-electron chi connectivity index (χ1n) is 11.1. The predicted molar refractivity (Wildman–Crippen MR) is 108 cm³/mol. The maximum absolute atomic E-state index is 14.5. The van der Waals surface area contributed by atoms with Crippen LogP contribution < -0.4 is 5.73 Å². The summed E-state index contributed by atoms with van der Waals surface area (Å²) in [5.41, 5.74) is 5.71. The lowest BCUT2D eigenvalue weighted by atomic mass is 9.80. The molecule has 3 aliphatic rings. The second kappa shape index (κ2) is 8.68. The lowest BCUT2D eigenvalue weighted by Crippen LogP contribution is -2.57. The molecule has 29 heavy (non-hydrogen) atoms. The van der Waals surface area contributed by atoms with Gasteiger partial charge in [-0.05, 0) is 75.0 Å². The number of nitrogens with two attached hydrogens (primary N) is 1. The number of carbonyl (C=O) groups is 1. The first-order chi connectivity index (χ1) is 13.9. The van der Waals surface area contributed by atoms with E-state index in [1.807, 2.05) is 6.07 Å². The van der Waals surface area contributed by atoms with Crippen molar-refractivity contribution in [3.63, 3.8) is 0 Å². The number of hydrogen-bond donors (Lipinski definition) is 1. The molecule has 0 spiro atoms. The van der Waals surface area contributed by atoms with Crippen molar-refractivity contribution >= 4 is 5.91 Å². The van der Waals surface area contributed by atoms with Crippen LogP contribution >= 0.6 is 0 Å². The van der Waals surface area contributed by atoms with Gasteiger partial charge in [0.05, 0.1) is 12.7 Å². The van der Waals surface area contributed by atoms with Crippen LogP contribution in [0.1, 0.15) is 62.8 Å². The van der Waals surface area contributed by atoms with Crippen LogP contribution in [0, 0.1) is 11.7 Å². The number of likely N-dealkylation sites (tertiary alicyclic amines) is 1. The fourth-order valence-corrected chi connectivity index (χ4v) is 4.98. The van der Waals surface area contributed by atoms with Gasteiger partial charge in [-0.15, -0.1) is 0 Å². The Morgan fingerprint density at radius 3 is 2.62 bits per heavy atom. The van der Waals surface area contributed by atoms with E-state index in [1.165, 1.54) is 6.07 Å². The molecule has 2 N–H and O–H groups in total. The van der Waals surface area contributed by atoms with Crippen LogP contribution in [0.15, 0.2) is 24.3 Å². The number of hydrogen-bond acceptors (Lipinski definition) is 3. The summed E-state index contributed by atoms with van der Waals surface area (Å²) in [7, 11) is 0. The molecule has 0 aromatic heterocycles. The summed E-state index contributed by atoms with van der Waals surface area (Å²) < 4.78 is 34.1. The molecule has 4 rings (SSSR count). The minimum absolute atomic E-state index is 0.0142. The molecule has 1 heterocycles. The van der Waals surface area contributed by atoms with E-state index in [2.05, 4.69) is 0 Å². The molecule has 1 aromatic rings. The van der Waals surface area contributed by atoms with Crippen molar-refractivity contribution in [3.8, 4) is 0 Å². The molecule has 2 saturated carbocycles. The van der Waals surface area contributed by atoms with Gasteiger partial charge in [-0.3, -0.25) is 4.79 Å². The summed E-state index contributed by atoms with van der Waals surface area (Å²) in [5.74, 6) is -0.0874. The molecule has 2 aliphatic carbocycles. The van der Waals surface area contributed by atoms with Crippen LogP contribution in [0.25, 0.3) is 0 Å². The Kier molecular flexibility index (Phi) is 6.21. The van der Waals surface area contributed by atoms with Crippen LogP contribution in [-0.4, -0.2) is 48.3 Å².